The molecule has 2 aliphatic rings. The van der Waals surface area contributed by atoms with E-state index < -0.39 is 0 Å². The van der Waals surface area contributed by atoms with Crippen molar-refractivity contribution in [3.05, 3.63) is 0 Å². The van der Waals surface area contributed by atoms with Crippen LogP contribution < -0.4 is 5.32 Å². The zero-order chi connectivity index (χ0) is 13.1. The van der Waals surface area contributed by atoms with E-state index in [1.807, 2.05) is 0 Å². The van der Waals surface area contributed by atoms with Crippen molar-refractivity contribution in [3.8, 4) is 0 Å². The van der Waals surface area contributed by atoms with E-state index in [0.29, 0.717) is 18.2 Å². The SMILES string of the molecule is CN(C)C1CC[N]C(N2CCCC(N(C)C)C2)C1. The van der Waals surface area contributed by atoms with E-state index in [1.54, 1.807) is 0 Å². The number of rotatable bonds is 3. The molecule has 2 aliphatic heterocycles. The maximum Gasteiger partial charge on any atom is 0.0776 e. The van der Waals surface area contributed by atoms with Gasteiger partial charge in [-0.1, -0.05) is 0 Å². The molecule has 2 heterocycles. The van der Waals surface area contributed by atoms with Gasteiger partial charge in [0.05, 0.1) is 6.17 Å². The summed E-state index contributed by atoms with van der Waals surface area (Å²) < 4.78 is 0. The topological polar surface area (TPSA) is 23.8 Å². The molecule has 3 atom stereocenters. The van der Waals surface area contributed by atoms with Crippen LogP contribution in [0.2, 0.25) is 0 Å². The van der Waals surface area contributed by atoms with Crippen LogP contribution in [0.25, 0.3) is 0 Å². The second kappa shape index (κ2) is 6.33. The van der Waals surface area contributed by atoms with E-state index in [-0.39, 0.29) is 0 Å². The number of piperidine rings is 2. The van der Waals surface area contributed by atoms with Gasteiger partial charge in [0.1, 0.15) is 0 Å². The Kier molecular flexibility index (Phi) is 5.01. The van der Waals surface area contributed by atoms with E-state index >= 15 is 0 Å². The lowest BCUT2D eigenvalue weighted by atomic mass is 9.98. The smallest absolute Gasteiger partial charge is 0.0776 e. The average Bonchev–Trinajstić information content (AvgIpc) is 2.39. The van der Waals surface area contributed by atoms with Crippen LogP contribution in [0.4, 0.5) is 0 Å². The molecule has 0 aromatic carbocycles. The Hall–Kier alpha value is -0.160. The summed E-state index contributed by atoms with van der Waals surface area (Å²) in [4.78, 5) is 7.36. The summed E-state index contributed by atoms with van der Waals surface area (Å²) in [7, 11) is 8.81. The fraction of sp³-hybridized carbons (Fsp3) is 1.00. The fourth-order valence-electron chi connectivity index (χ4n) is 3.22. The summed E-state index contributed by atoms with van der Waals surface area (Å²) >= 11 is 0. The summed E-state index contributed by atoms with van der Waals surface area (Å²) in [6.45, 7) is 3.47. The van der Waals surface area contributed by atoms with Gasteiger partial charge in [0.2, 0.25) is 0 Å². The van der Waals surface area contributed by atoms with Gasteiger partial charge < -0.3 is 9.80 Å². The van der Waals surface area contributed by atoms with Crippen LogP contribution in [0.1, 0.15) is 25.7 Å². The van der Waals surface area contributed by atoms with Gasteiger partial charge in [-0.25, -0.2) is 5.32 Å². The molecule has 0 amide bonds. The highest BCUT2D eigenvalue weighted by molar-refractivity contribution is 4.87. The van der Waals surface area contributed by atoms with Crippen LogP contribution in [-0.2, 0) is 0 Å². The molecule has 0 bridgehead atoms. The van der Waals surface area contributed by atoms with Crippen molar-refractivity contribution in [2.45, 2.75) is 43.9 Å². The van der Waals surface area contributed by atoms with Gasteiger partial charge in [0, 0.05) is 25.2 Å². The minimum atomic E-state index is 0.467. The monoisotopic (exact) mass is 253 g/mol. The Morgan fingerprint density at radius 3 is 2.39 bits per heavy atom. The number of nitrogens with zero attached hydrogens (tertiary/aromatic N) is 4. The molecule has 4 nitrogen and oxygen atoms in total. The molecule has 0 aromatic rings. The van der Waals surface area contributed by atoms with E-state index in [4.69, 9.17) is 5.32 Å². The zero-order valence-electron chi connectivity index (χ0n) is 12.5. The average molecular weight is 253 g/mol. The fourth-order valence-corrected chi connectivity index (χ4v) is 3.22. The first-order valence-corrected chi connectivity index (χ1v) is 7.31. The Bertz CT molecular complexity index is 228. The molecule has 0 saturated carbocycles. The maximum atomic E-state index is 4.86. The summed E-state index contributed by atoms with van der Waals surface area (Å²) in [5.74, 6) is 0. The van der Waals surface area contributed by atoms with Crippen LogP contribution in [0, 0.1) is 0 Å². The molecule has 105 valence electrons. The molecule has 1 radical (unpaired) electrons. The van der Waals surface area contributed by atoms with Crippen molar-refractivity contribution >= 4 is 0 Å². The molecule has 2 saturated heterocycles. The van der Waals surface area contributed by atoms with Gasteiger partial charge in [-0.05, 0) is 60.4 Å². The van der Waals surface area contributed by atoms with Gasteiger partial charge in [-0.3, -0.25) is 4.90 Å². The first kappa shape index (κ1) is 14.3. The van der Waals surface area contributed by atoms with Crippen LogP contribution >= 0.6 is 0 Å². The molecule has 0 aromatic heterocycles. The summed E-state index contributed by atoms with van der Waals surface area (Å²) in [6, 6.07) is 1.43. The summed E-state index contributed by atoms with van der Waals surface area (Å²) in [6.07, 6.45) is 5.57. The quantitative estimate of drug-likeness (QED) is 0.738. The van der Waals surface area contributed by atoms with Crippen LogP contribution in [0.5, 0.6) is 0 Å². The lowest BCUT2D eigenvalue weighted by Gasteiger charge is -2.43. The number of likely N-dealkylation sites (tertiary alicyclic amines) is 1. The second-order valence-corrected chi connectivity index (χ2v) is 6.28. The first-order chi connectivity index (χ1) is 8.58. The highest BCUT2D eigenvalue weighted by Gasteiger charge is 2.31. The Morgan fingerprint density at radius 2 is 1.72 bits per heavy atom. The van der Waals surface area contributed by atoms with Gasteiger partial charge in [-0.15, -0.1) is 0 Å². The first-order valence-electron chi connectivity index (χ1n) is 7.31. The van der Waals surface area contributed by atoms with Crippen LogP contribution in [0.3, 0.4) is 0 Å². The molecule has 18 heavy (non-hydrogen) atoms. The third-order valence-corrected chi connectivity index (χ3v) is 4.60. The largest absolute Gasteiger partial charge is 0.306 e. The van der Waals surface area contributed by atoms with Crippen molar-refractivity contribution in [3.63, 3.8) is 0 Å². The molecule has 0 spiro atoms. The third-order valence-electron chi connectivity index (χ3n) is 4.60. The second-order valence-electron chi connectivity index (χ2n) is 6.28. The van der Waals surface area contributed by atoms with Crippen molar-refractivity contribution in [2.24, 2.45) is 0 Å². The predicted molar refractivity (Wildman–Crippen MR) is 75.8 cm³/mol. The van der Waals surface area contributed by atoms with E-state index in [0.717, 1.165) is 6.54 Å². The maximum absolute atomic E-state index is 4.86. The summed E-state index contributed by atoms with van der Waals surface area (Å²) in [5, 5.41) is 4.86. The predicted octanol–water partition coefficient (Wildman–Crippen LogP) is 0.667. The standard InChI is InChI=1S/C14H29N4/c1-16(2)12-7-8-15-14(10-12)18-9-5-6-13(11-18)17(3)4/h12-14H,5-11H2,1-4H3. The molecule has 3 unspecified atom stereocenters. The highest BCUT2D eigenvalue weighted by Crippen LogP contribution is 2.22. The van der Waals surface area contributed by atoms with Gasteiger partial charge >= 0.3 is 0 Å². The minimum Gasteiger partial charge on any atom is -0.306 e. The lowest BCUT2D eigenvalue weighted by molar-refractivity contribution is 0.0450. The van der Waals surface area contributed by atoms with E-state index in [1.165, 1.54) is 38.8 Å². The number of likely N-dealkylation sites (N-methyl/N-ethyl adjacent to an activating group) is 1. The minimum absolute atomic E-state index is 0.467. The molecule has 0 aliphatic carbocycles. The zero-order valence-corrected chi connectivity index (χ0v) is 12.5. The molecule has 0 N–H and O–H groups in total. The lowest BCUT2D eigenvalue weighted by Crippen LogP contribution is -2.56. The Morgan fingerprint density at radius 1 is 1.00 bits per heavy atom. The van der Waals surface area contributed by atoms with E-state index in [2.05, 4.69) is 42.9 Å². The molecular weight excluding hydrogens is 224 g/mol. The molecule has 2 rings (SSSR count). The molecule has 4 heteroatoms. The Balaban J connectivity index is 1.90. The normalized spacial score (nSPS) is 35.3. The summed E-state index contributed by atoms with van der Waals surface area (Å²) in [5.41, 5.74) is 0. The third kappa shape index (κ3) is 3.44. The van der Waals surface area contributed by atoms with Crippen molar-refractivity contribution in [1.29, 1.82) is 0 Å². The number of hydrogen-bond donors (Lipinski definition) is 0. The highest BCUT2D eigenvalue weighted by atomic mass is 15.3. The van der Waals surface area contributed by atoms with Gasteiger partial charge in [0.15, 0.2) is 0 Å². The van der Waals surface area contributed by atoms with E-state index in [9.17, 15) is 0 Å². The van der Waals surface area contributed by atoms with Crippen molar-refractivity contribution in [2.75, 3.05) is 47.8 Å². The Labute approximate surface area is 112 Å². The molecule has 2 fully saturated rings. The van der Waals surface area contributed by atoms with Crippen molar-refractivity contribution in [1.82, 2.24) is 20.0 Å². The van der Waals surface area contributed by atoms with Crippen LogP contribution in [-0.4, -0.2) is 80.8 Å². The molecular formula is C14H29N4. The van der Waals surface area contributed by atoms with Crippen LogP contribution in [0.15, 0.2) is 0 Å². The van der Waals surface area contributed by atoms with Crippen molar-refractivity contribution < 1.29 is 0 Å². The van der Waals surface area contributed by atoms with Gasteiger partial charge in [0.25, 0.3) is 0 Å². The number of hydrogen-bond acceptors (Lipinski definition) is 3. The van der Waals surface area contributed by atoms with Gasteiger partial charge in [-0.2, -0.15) is 0 Å².